The SMILES string of the molecule is C[N+]12CCC(CC1)[C@@H](OC(=O)OC(c1cccc(F)c1)c1cccc(F)c1)C2. The number of rotatable bonds is 4. The van der Waals surface area contributed by atoms with Crippen LogP contribution in [0.15, 0.2) is 48.5 Å². The van der Waals surface area contributed by atoms with Crippen LogP contribution in [-0.2, 0) is 9.47 Å². The van der Waals surface area contributed by atoms with Gasteiger partial charge < -0.3 is 14.0 Å². The van der Waals surface area contributed by atoms with Crippen LogP contribution >= 0.6 is 0 Å². The highest BCUT2D eigenvalue weighted by molar-refractivity contribution is 5.61. The first kappa shape index (κ1) is 18.9. The van der Waals surface area contributed by atoms with E-state index in [9.17, 15) is 13.6 Å². The molecule has 0 unspecified atom stereocenters. The van der Waals surface area contributed by atoms with E-state index in [0.717, 1.165) is 37.0 Å². The molecule has 4 nitrogen and oxygen atoms in total. The Hall–Kier alpha value is -2.47. The van der Waals surface area contributed by atoms with Crippen molar-refractivity contribution in [2.24, 2.45) is 5.92 Å². The zero-order valence-corrected chi connectivity index (χ0v) is 15.8. The lowest BCUT2D eigenvalue weighted by molar-refractivity contribution is -0.928. The van der Waals surface area contributed by atoms with Gasteiger partial charge in [0, 0.05) is 29.9 Å². The van der Waals surface area contributed by atoms with Gasteiger partial charge in [-0.1, -0.05) is 24.3 Å². The zero-order chi connectivity index (χ0) is 19.7. The van der Waals surface area contributed by atoms with Gasteiger partial charge in [0.1, 0.15) is 18.2 Å². The second kappa shape index (κ2) is 7.51. The molecule has 0 radical (unpaired) electrons. The summed E-state index contributed by atoms with van der Waals surface area (Å²) in [6.07, 6.45) is 0.145. The first-order valence-electron chi connectivity index (χ1n) is 9.64. The van der Waals surface area contributed by atoms with Gasteiger partial charge in [-0.3, -0.25) is 0 Å². The number of benzene rings is 2. The van der Waals surface area contributed by atoms with Gasteiger partial charge in [-0.2, -0.15) is 0 Å². The maximum atomic E-state index is 13.7. The van der Waals surface area contributed by atoms with Gasteiger partial charge in [0.25, 0.3) is 0 Å². The number of hydrogen-bond donors (Lipinski definition) is 0. The molecular weight excluding hydrogens is 364 g/mol. The Bertz CT molecular complexity index is 819. The van der Waals surface area contributed by atoms with Crippen LogP contribution in [0, 0.1) is 17.6 Å². The third kappa shape index (κ3) is 4.02. The van der Waals surface area contributed by atoms with Crippen molar-refractivity contribution in [3.8, 4) is 0 Å². The largest absolute Gasteiger partial charge is 0.509 e. The third-order valence-electron chi connectivity index (χ3n) is 5.99. The minimum absolute atomic E-state index is 0.180. The molecule has 0 amide bonds. The summed E-state index contributed by atoms with van der Waals surface area (Å²) in [5.74, 6) is -0.550. The van der Waals surface area contributed by atoms with E-state index >= 15 is 0 Å². The number of carbonyl (C=O) groups excluding carboxylic acids is 1. The lowest BCUT2D eigenvalue weighted by Gasteiger charge is -2.49. The minimum Gasteiger partial charge on any atom is -0.425 e. The van der Waals surface area contributed by atoms with E-state index in [2.05, 4.69) is 7.05 Å². The molecule has 0 aromatic heterocycles. The van der Waals surface area contributed by atoms with Crippen LogP contribution in [0.3, 0.4) is 0 Å². The highest BCUT2D eigenvalue weighted by Gasteiger charge is 2.45. The van der Waals surface area contributed by atoms with Crippen molar-refractivity contribution < 1.29 is 27.5 Å². The van der Waals surface area contributed by atoms with E-state index in [-0.39, 0.29) is 6.10 Å². The summed E-state index contributed by atoms with van der Waals surface area (Å²) in [4.78, 5) is 12.6. The molecule has 3 aliphatic rings. The van der Waals surface area contributed by atoms with Gasteiger partial charge in [0.15, 0.2) is 12.2 Å². The minimum atomic E-state index is -0.940. The molecule has 2 aromatic carbocycles. The topological polar surface area (TPSA) is 35.5 Å². The zero-order valence-electron chi connectivity index (χ0n) is 15.8. The van der Waals surface area contributed by atoms with Gasteiger partial charge in [-0.25, -0.2) is 13.6 Å². The van der Waals surface area contributed by atoms with Crippen molar-refractivity contribution in [3.63, 3.8) is 0 Å². The lowest BCUT2D eigenvalue weighted by Crippen LogP contribution is -2.62. The highest BCUT2D eigenvalue weighted by Crippen LogP contribution is 2.35. The Labute approximate surface area is 163 Å². The Morgan fingerprint density at radius 2 is 1.61 bits per heavy atom. The molecule has 3 heterocycles. The molecule has 0 saturated carbocycles. The molecule has 0 aliphatic carbocycles. The number of likely N-dealkylation sites (N-methyl/N-ethyl adjacent to an activating group) is 1. The van der Waals surface area contributed by atoms with Crippen molar-refractivity contribution in [3.05, 3.63) is 71.3 Å². The molecule has 2 bridgehead atoms. The number of carbonyl (C=O) groups is 1. The summed E-state index contributed by atoms with van der Waals surface area (Å²) in [6, 6.07) is 11.5. The molecule has 1 atom stereocenters. The third-order valence-corrected chi connectivity index (χ3v) is 5.99. The Morgan fingerprint density at radius 1 is 1.04 bits per heavy atom. The molecule has 3 fully saturated rings. The molecule has 148 valence electrons. The number of piperidine rings is 3. The quantitative estimate of drug-likeness (QED) is 0.574. The fraction of sp³-hybridized carbons (Fsp3) is 0.409. The van der Waals surface area contributed by atoms with E-state index in [4.69, 9.17) is 9.47 Å². The first-order valence-corrected chi connectivity index (χ1v) is 9.64. The van der Waals surface area contributed by atoms with Crippen LogP contribution in [0.2, 0.25) is 0 Å². The van der Waals surface area contributed by atoms with Gasteiger partial charge >= 0.3 is 6.16 Å². The second-order valence-corrected chi connectivity index (χ2v) is 8.10. The summed E-state index contributed by atoms with van der Waals surface area (Å²) in [5, 5.41) is 0. The van der Waals surface area contributed by atoms with Crippen molar-refractivity contribution in [2.75, 3.05) is 26.7 Å². The van der Waals surface area contributed by atoms with E-state index < -0.39 is 23.9 Å². The van der Waals surface area contributed by atoms with Gasteiger partial charge in [-0.05, 0) is 24.3 Å². The monoisotopic (exact) mass is 388 g/mol. The Balaban J connectivity index is 1.53. The predicted octanol–water partition coefficient (Wildman–Crippen LogP) is 4.45. The number of halogens is 2. The molecule has 5 rings (SSSR count). The van der Waals surface area contributed by atoms with Gasteiger partial charge in [0.2, 0.25) is 0 Å². The average Bonchev–Trinajstić information content (AvgIpc) is 2.66. The Kier molecular flexibility index (Phi) is 5.06. The molecule has 28 heavy (non-hydrogen) atoms. The van der Waals surface area contributed by atoms with E-state index in [0.29, 0.717) is 17.0 Å². The summed E-state index contributed by atoms with van der Waals surface area (Å²) < 4.78 is 39.6. The standard InChI is InChI=1S/C22H24F2NO3/c1-25-10-8-15(9-11-25)20(14-25)27-22(26)28-21(16-4-2-6-18(23)12-16)17-5-3-7-19(24)13-17/h2-7,12-13,15,20-21H,8-11,14H2,1H3/q+1/t15?,20-,25?/m0/s1. The first-order chi connectivity index (χ1) is 13.4. The summed E-state index contributed by atoms with van der Waals surface area (Å²) >= 11 is 0. The lowest BCUT2D eigenvalue weighted by atomic mass is 9.84. The van der Waals surface area contributed by atoms with E-state index in [1.54, 1.807) is 12.1 Å². The van der Waals surface area contributed by atoms with Crippen LogP contribution in [-0.4, -0.2) is 43.4 Å². The van der Waals surface area contributed by atoms with Crippen molar-refractivity contribution in [2.45, 2.75) is 25.0 Å². The van der Waals surface area contributed by atoms with Crippen molar-refractivity contribution >= 4 is 6.16 Å². The summed E-state index contributed by atoms with van der Waals surface area (Å²) in [5.41, 5.74) is 0.853. The summed E-state index contributed by atoms with van der Waals surface area (Å²) in [6.45, 7) is 2.99. The predicted molar refractivity (Wildman–Crippen MR) is 99.5 cm³/mol. The number of nitrogens with zero attached hydrogens (tertiary/aromatic N) is 1. The van der Waals surface area contributed by atoms with Crippen LogP contribution in [0.5, 0.6) is 0 Å². The molecule has 2 aromatic rings. The maximum absolute atomic E-state index is 13.7. The smallest absolute Gasteiger partial charge is 0.425 e. The average molecular weight is 388 g/mol. The van der Waals surface area contributed by atoms with E-state index in [1.807, 2.05) is 0 Å². The Morgan fingerprint density at radius 3 is 2.11 bits per heavy atom. The van der Waals surface area contributed by atoms with Crippen molar-refractivity contribution in [1.82, 2.24) is 0 Å². The van der Waals surface area contributed by atoms with Crippen LogP contribution in [0.4, 0.5) is 13.6 Å². The fourth-order valence-corrected chi connectivity index (χ4v) is 4.40. The van der Waals surface area contributed by atoms with E-state index in [1.165, 1.54) is 36.4 Å². The molecule has 3 aliphatic heterocycles. The van der Waals surface area contributed by atoms with Crippen molar-refractivity contribution in [1.29, 1.82) is 0 Å². The van der Waals surface area contributed by atoms with Crippen LogP contribution < -0.4 is 0 Å². The summed E-state index contributed by atoms with van der Waals surface area (Å²) in [7, 11) is 2.18. The number of quaternary nitrogens is 1. The maximum Gasteiger partial charge on any atom is 0.509 e. The van der Waals surface area contributed by atoms with Gasteiger partial charge in [-0.15, -0.1) is 0 Å². The molecule has 6 heteroatoms. The van der Waals surface area contributed by atoms with Crippen LogP contribution in [0.25, 0.3) is 0 Å². The van der Waals surface area contributed by atoms with Gasteiger partial charge in [0.05, 0.1) is 20.1 Å². The molecule has 0 spiro atoms. The fourth-order valence-electron chi connectivity index (χ4n) is 4.40. The number of ether oxygens (including phenoxy) is 2. The molecule has 3 saturated heterocycles. The van der Waals surface area contributed by atoms with Crippen LogP contribution in [0.1, 0.15) is 30.1 Å². The molecular formula is C22H24F2NO3+. The second-order valence-electron chi connectivity index (χ2n) is 8.10. The number of hydrogen-bond acceptors (Lipinski definition) is 3. The molecule has 0 N–H and O–H groups in total. The highest BCUT2D eigenvalue weighted by atomic mass is 19.1. The number of fused-ring (bicyclic) bond motifs is 3. The normalized spacial score (nSPS) is 26.3.